The van der Waals surface area contributed by atoms with Gasteiger partial charge in [-0.1, -0.05) is 0 Å². The standard InChI is InChI=1S/C11H11N4O7.K/c16-1-4-6(17)7(18)11(22-4,10(20)21)15-3-14-5-8(15)12-2-13-9(5)19;/h2-4,6,16-18H,1H2,(H,20,21)(H,12,13,19);/t4-,6-,11+;/m1./s1. The van der Waals surface area contributed by atoms with Gasteiger partial charge in [0.25, 0.3) is 0 Å². The molecule has 0 radical (unpaired) electrons. The number of carboxylic acids is 1. The van der Waals surface area contributed by atoms with Crippen LogP contribution in [0.5, 0.6) is 5.88 Å². The Kier molecular flexibility index (Phi) is 4.23. The molecule has 0 amide bonds. The van der Waals surface area contributed by atoms with E-state index in [1.54, 1.807) is 0 Å². The summed E-state index contributed by atoms with van der Waals surface area (Å²) in [4.78, 5) is 23.2. The van der Waals surface area contributed by atoms with Gasteiger partial charge in [-0.2, -0.15) is 0 Å². The van der Waals surface area contributed by atoms with Crippen LogP contribution in [0.25, 0.3) is 11.2 Å². The molecule has 2 aromatic heterocycles. The number of rotatable bonds is 3. The second-order valence-corrected chi connectivity index (χ2v) is 7.75. The zero-order valence-electron chi connectivity index (χ0n) is 11.9. The first-order valence-electron chi connectivity index (χ1n) is 6.57. The SMILES string of the molecule is O=C(O)[C@@]1(n2cnc3c(O)ncnc32)O[C@H](CO)[C@@H](O)[C@]1(O)[K]. The molecule has 1 saturated heterocycles. The third-order valence-corrected chi connectivity index (χ3v) is 6.04. The van der Waals surface area contributed by atoms with Gasteiger partial charge >= 0.3 is 163 Å². The Morgan fingerprint density at radius 3 is 2.70 bits per heavy atom. The van der Waals surface area contributed by atoms with Crippen molar-refractivity contribution in [2.45, 2.75) is 17.6 Å². The van der Waals surface area contributed by atoms with Gasteiger partial charge in [0.2, 0.25) is 0 Å². The van der Waals surface area contributed by atoms with E-state index in [-0.39, 0.29) is 11.2 Å². The van der Waals surface area contributed by atoms with Crippen LogP contribution >= 0.6 is 0 Å². The Balaban J connectivity index is 2.31. The monoisotopic (exact) mass is 350 g/mol. The van der Waals surface area contributed by atoms with Crippen LogP contribution in [0.4, 0.5) is 0 Å². The Hall–Kier alpha value is -0.704. The van der Waals surface area contributed by atoms with Crippen LogP contribution in [-0.2, 0) is 15.3 Å². The van der Waals surface area contributed by atoms with Crippen LogP contribution in [0.1, 0.15) is 0 Å². The van der Waals surface area contributed by atoms with E-state index in [0.717, 1.165) is 17.2 Å². The summed E-state index contributed by atoms with van der Waals surface area (Å²) in [5.74, 6) is -2.05. The molecule has 0 aliphatic carbocycles. The topological polar surface area (TPSA) is 171 Å². The summed E-state index contributed by atoms with van der Waals surface area (Å²) in [5.41, 5.74) is -2.59. The number of aromatic nitrogens is 4. The maximum atomic E-state index is 12.0. The molecule has 23 heavy (non-hydrogen) atoms. The fraction of sp³-hybridized carbons (Fsp3) is 0.455. The van der Waals surface area contributed by atoms with E-state index in [1.165, 1.54) is 0 Å². The number of aromatic hydroxyl groups is 1. The predicted molar refractivity (Wildman–Crippen MR) is 71.3 cm³/mol. The quantitative estimate of drug-likeness (QED) is 0.357. The van der Waals surface area contributed by atoms with Gasteiger partial charge in [0, 0.05) is 0 Å². The summed E-state index contributed by atoms with van der Waals surface area (Å²) in [7, 11) is 0. The molecule has 12 heteroatoms. The molecule has 11 nitrogen and oxygen atoms in total. The van der Waals surface area contributed by atoms with Crippen LogP contribution in [0, 0.1) is 0 Å². The van der Waals surface area contributed by atoms with Crippen molar-refractivity contribution in [3.8, 4) is 5.88 Å². The number of imidazole rings is 1. The van der Waals surface area contributed by atoms with Crippen LogP contribution in [0.3, 0.4) is 0 Å². The normalized spacial score (nSPS) is 34.1. The summed E-state index contributed by atoms with van der Waals surface area (Å²) in [6.07, 6.45) is -0.872. The molecule has 3 rings (SSSR count). The third kappa shape index (κ3) is 2.18. The van der Waals surface area contributed by atoms with E-state index < -0.39 is 85.0 Å². The number of carboxylic acid groups (broad SMARTS) is 1. The second-order valence-electron chi connectivity index (χ2n) is 5.36. The number of aliphatic hydroxyl groups excluding tert-OH is 2. The van der Waals surface area contributed by atoms with Crippen molar-refractivity contribution < 1.29 is 35.1 Å². The fourth-order valence-corrected chi connectivity index (χ4v) is 4.30. The molecule has 1 aliphatic heterocycles. The van der Waals surface area contributed by atoms with Crippen molar-refractivity contribution in [1.29, 1.82) is 0 Å². The molecule has 0 spiro atoms. The summed E-state index contributed by atoms with van der Waals surface area (Å²) in [5, 5.41) is 49.5. The fourth-order valence-electron chi connectivity index (χ4n) is 2.83. The first kappa shape index (κ1) is 17.1. The molecule has 1 fully saturated rings. The van der Waals surface area contributed by atoms with Gasteiger partial charge < -0.3 is 0 Å². The molecule has 1 aliphatic rings. The number of fused-ring (bicyclic) bond motifs is 1. The average molecular weight is 350 g/mol. The van der Waals surface area contributed by atoms with Crippen LogP contribution < -0.4 is 0 Å². The van der Waals surface area contributed by atoms with Crippen LogP contribution in [-0.4, -0.2) is 118 Å². The minimum absolute atomic E-state index is 0.0815. The molecular formula is C11H11KN4O7. The van der Waals surface area contributed by atoms with Gasteiger partial charge in [-0.25, -0.2) is 0 Å². The van der Waals surface area contributed by atoms with Gasteiger partial charge in [0.05, 0.1) is 0 Å². The number of ether oxygens (including phenoxy) is 1. The third-order valence-electron chi connectivity index (χ3n) is 4.06. The van der Waals surface area contributed by atoms with Crippen molar-refractivity contribution in [2.24, 2.45) is 0 Å². The second kappa shape index (κ2) is 5.68. The molecule has 4 atom stereocenters. The van der Waals surface area contributed by atoms with Gasteiger partial charge in [-0.15, -0.1) is 0 Å². The van der Waals surface area contributed by atoms with Crippen molar-refractivity contribution in [2.75, 3.05) is 6.61 Å². The first-order valence-corrected chi connectivity index (χ1v) is 8.13. The molecule has 5 N–H and O–H groups in total. The van der Waals surface area contributed by atoms with E-state index in [2.05, 4.69) is 15.0 Å². The summed E-state index contributed by atoms with van der Waals surface area (Å²) in [6.45, 7) is -0.679. The molecule has 0 bridgehead atoms. The zero-order chi connectivity index (χ0) is 17.0. The molecule has 0 saturated carbocycles. The van der Waals surface area contributed by atoms with E-state index >= 15 is 0 Å². The minimum atomic E-state index is -2.42. The Morgan fingerprint density at radius 1 is 1.43 bits per heavy atom. The van der Waals surface area contributed by atoms with Gasteiger partial charge in [-0.05, 0) is 0 Å². The number of nitrogens with zero attached hydrogens (tertiary/aromatic N) is 4. The van der Waals surface area contributed by atoms with Crippen LogP contribution in [0.15, 0.2) is 12.7 Å². The average Bonchev–Trinajstić information content (AvgIpc) is 3.00. The molecular weight excluding hydrogens is 339 g/mol. The Labute approximate surface area is 162 Å². The van der Waals surface area contributed by atoms with Gasteiger partial charge in [0.15, 0.2) is 0 Å². The Bertz CT molecular complexity index is 781. The van der Waals surface area contributed by atoms with E-state index in [4.69, 9.17) is 4.74 Å². The Morgan fingerprint density at radius 2 is 2.13 bits per heavy atom. The number of hydrogen-bond acceptors (Lipinski definition) is 9. The summed E-state index contributed by atoms with van der Waals surface area (Å²) in [6, 6.07) is 0. The maximum absolute atomic E-state index is 12.0. The van der Waals surface area contributed by atoms with Crippen molar-refractivity contribution in [3.05, 3.63) is 12.7 Å². The predicted octanol–water partition coefficient (Wildman–Crippen LogP) is -3.12. The van der Waals surface area contributed by atoms with E-state index in [1.807, 2.05) is 0 Å². The molecule has 0 aromatic carbocycles. The van der Waals surface area contributed by atoms with E-state index in [0.29, 0.717) is 0 Å². The van der Waals surface area contributed by atoms with E-state index in [9.17, 15) is 30.3 Å². The van der Waals surface area contributed by atoms with Crippen molar-refractivity contribution in [1.82, 2.24) is 19.5 Å². The number of aliphatic carboxylic acids is 1. The number of aliphatic hydroxyl groups is 3. The molecule has 0 unspecified atom stereocenters. The number of hydrogen-bond donors (Lipinski definition) is 5. The molecule has 2 aromatic rings. The molecule has 118 valence electrons. The molecule has 3 heterocycles. The first-order chi connectivity index (χ1) is 10.8. The number of carbonyl (C=O) groups is 1. The van der Waals surface area contributed by atoms with Crippen molar-refractivity contribution >= 4 is 66.1 Å². The van der Waals surface area contributed by atoms with Gasteiger partial charge in [0.1, 0.15) is 0 Å². The van der Waals surface area contributed by atoms with Gasteiger partial charge in [-0.3, -0.25) is 0 Å². The van der Waals surface area contributed by atoms with Crippen LogP contribution in [0.2, 0.25) is 0 Å². The summed E-state index contributed by atoms with van der Waals surface area (Å²) < 4.78 is 4.15. The summed E-state index contributed by atoms with van der Waals surface area (Å²) >= 11 is -0.645. The van der Waals surface area contributed by atoms with Crippen molar-refractivity contribution in [3.63, 3.8) is 0 Å². The zero-order valence-corrected chi connectivity index (χ0v) is 15.0.